The van der Waals surface area contributed by atoms with Gasteiger partial charge in [-0.15, -0.1) is 13.3 Å². The molecule has 1 saturated carbocycles. The Hall–Kier alpha value is 0.0912. The van der Waals surface area contributed by atoms with Crippen molar-refractivity contribution in [2.75, 3.05) is 20.0 Å². The normalized spacial score (nSPS) is 26.2. The van der Waals surface area contributed by atoms with E-state index in [1.807, 2.05) is 0 Å². The van der Waals surface area contributed by atoms with Gasteiger partial charge in [-0.25, -0.2) is 0 Å². The van der Waals surface area contributed by atoms with Crippen LogP contribution in [0.15, 0.2) is 36.4 Å². The number of halogens is 2. The Morgan fingerprint density at radius 1 is 0.974 bits per heavy atom. The van der Waals surface area contributed by atoms with Crippen LogP contribution in [0.25, 0.3) is 16.2 Å². The molecule has 1 heterocycles. The zero-order valence-corrected chi connectivity index (χ0v) is 29.5. The van der Waals surface area contributed by atoms with Crippen LogP contribution in [0.5, 0.6) is 0 Å². The summed E-state index contributed by atoms with van der Waals surface area (Å²) >= 11 is -0.556. The van der Waals surface area contributed by atoms with E-state index in [0.29, 0.717) is 18.5 Å². The van der Waals surface area contributed by atoms with Gasteiger partial charge in [0.05, 0.1) is 0 Å². The molecule has 1 aromatic carbocycles. The Balaban J connectivity index is 0.00000121. The first-order valence-electron chi connectivity index (χ1n) is 13.8. The van der Waals surface area contributed by atoms with Gasteiger partial charge >= 0.3 is 35.6 Å². The summed E-state index contributed by atoms with van der Waals surface area (Å²) in [5, 5.41) is 9.29. The second kappa shape index (κ2) is 13.8. The van der Waals surface area contributed by atoms with Gasteiger partial charge in [0.15, 0.2) is 0 Å². The van der Waals surface area contributed by atoms with Gasteiger partial charge in [-0.05, 0) is 62.8 Å². The third-order valence-corrected chi connectivity index (χ3v) is 13.2. The molecule has 0 radical (unpaired) electrons. The number of hydrogen-bond donors (Lipinski definition) is 0. The van der Waals surface area contributed by atoms with E-state index in [0.717, 1.165) is 24.8 Å². The van der Waals surface area contributed by atoms with Crippen molar-refractivity contribution in [1.82, 2.24) is 4.57 Å². The Bertz CT molecular complexity index is 942. The molecule has 4 rings (SSSR count). The van der Waals surface area contributed by atoms with Crippen LogP contribution in [0.3, 0.4) is 0 Å². The van der Waals surface area contributed by atoms with Crippen LogP contribution in [0, 0.1) is 25.2 Å². The van der Waals surface area contributed by atoms with Crippen LogP contribution in [-0.2, 0) is 27.9 Å². The Kier molecular flexibility index (Phi) is 12.5. The van der Waals surface area contributed by atoms with Crippen LogP contribution in [0.1, 0.15) is 78.0 Å². The molecule has 0 aromatic heterocycles. The van der Waals surface area contributed by atoms with Crippen LogP contribution >= 0.6 is 18.6 Å². The maximum atomic E-state index is 4.89. The molecule has 4 atom stereocenters. The van der Waals surface area contributed by atoms with E-state index >= 15 is 0 Å². The summed E-state index contributed by atoms with van der Waals surface area (Å²) in [6, 6.07) is 7.44. The second-order valence-corrected chi connectivity index (χ2v) is 20.7. The third-order valence-electron chi connectivity index (χ3n) is 8.85. The van der Waals surface area contributed by atoms with Crippen molar-refractivity contribution in [3.63, 3.8) is 0 Å². The molecule has 1 saturated heterocycles. The summed E-state index contributed by atoms with van der Waals surface area (Å²) < 4.78 is 2.65. The topological polar surface area (TPSA) is 31.4 Å². The van der Waals surface area contributed by atoms with Gasteiger partial charge in [-0.1, -0.05) is 104 Å². The van der Waals surface area contributed by atoms with E-state index in [1.54, 1.807) is 5.57 Å². The number of rotatable bonds is 4. The van der Waals surface area contributed by atoms with Gasteiger partial charge in [0.25, 0.3) is 0 Å². The SMILES string of the molecule is CCC1CC2C(c3cc(C(C)(C)C)cc(C(C)(C)C)c3)=CC=CC2C1[Si](C)(C)N1C[N-]C[N-]C1.[CH3-].[Cl][Ti+4][Cl]. The Morgan fingerprint density at radius 3 is 1.97 bits per heavy atom. The van der Waals surface area contributed by atoms with Crippen molar-refractivity contribution in [3.05, 3.63) is 71.2 Å². The molecular formula is C31H50Cl2N3SiTi+. The average Bonchev–Trinajstić information content (AvgIpc) is 3.23. The summed E-state index contributed by atoms with van der Waals surface area (Å²) in [5.74, 6) is 2.02. The van der Waals surface area contributed by atoms with E-state index in [9.17, 15) is 0 Å². The van der Waals surface area contributed by atoms with Crippen LogP contribution in [0.2, 0.25) is 18.6 Å². The van der Waals surface area contributed by atoms with E-state index in [4.69, 9.17) is 18.6 Å². The first kappa shape index (κ1) is 34.3. The number of fused-ring (bicyclic) bond motifs is 1. The van der Waals surface area contributed by atoms with Crippen molar-refractivity contribution in [1.29, 1.82) is 0 Å². The zero-order chi connectivity index (χ0) is 27.6. The van der Waals surface area contributed by atoms with Gasteiger partial charge in [-0.2, -0.15) is 0 Å². The van der Waals surface area contributed by atoms with Gasteiger partial charge in [-0.3, -0.25) is 6.67 Å². The van der Waals surface area contributed by atoms with Crippen molar-refractivity contribution in [2.45, 2.75) is 90.8 Å². The zero-order valence-electron chi connectivity index (χ0n) is 25.4. The summed E-state index contributed by atoms with van der Waals surface area (Å²) in [7, 11) is 8.07. The fourth-order valence-electron chi connectivity index (χ4n) is 6.65. The predicted octanol–water partition coefficient (Wildman–Crippen LogP) is 10.2. The van der Waals surface area contributed by atoms with Crippen LogP contribution in [-0.4, -0.2) is 32.8 Å². The molecule has 4 unspecified atom stereocenters. The molecule has 38 heavy (non-hydrogen) atoms. The minimum atomic E-state index is -1.71. The van der Waals surface area contributed by atoms with E-state index in [2.05, 4.69) is 113 Å². The van der Waals surface area contributed by atoms with Gasteiger partial charge < -0.3 is 22.6 Å². The molecule has 0 spiro atoms. The summed E-state index contributed by atoms with van der Waals surface area (Å²) in [4.78, 5) is 0. The molecule has 7 heteroatoms. The average molecular weight is 612 g/mol. The molecular weight excluding hydrogens is 561 g/mol. The number of allylic oxidation sites excluding steroid dienone is 4. The molecule has 0 bridgehead atoms. The quantitative estimate of drug-likeness (QED) is 0.246. The van der Waals surface area contributed by atoms with Crippen molar-refractivity contribution >= 4 is 32.4 Å². The monoisotopic (exact) mass is 610 g/mol. The summed E-state index contributed by atoms with van der Waals surface area (Å²) in [5.41, 5.74) is 6.96. The summed E-state index contributed by atoms with van der Waals surface area (Å²) in [6.45, 7) is 24.1. The van der Waals surface area contributed by atoms with Crippen LogP contribution < -0.4 is 0 Å². The molecule has 3 nitrogen and oxygen atoms in total. The molecule has 0 amide bonds. The van der Waals surface area contributed by atoms with Crippen LogP contribution in [0.4, 0.5) is 0 Å². The van der Waals surface area contributed by atoms with E-state index < -0.39 is 25.3 Å². The first-order valence-corrected chi connectivity index (χ1v) is 21.1. The Labute approximate surface area is 252 Å². The van der Waals surface area contributed by atoms with Gasteiger partial charge in [0.1, 0.15) is 8.24 Å². The second-order valence-electron chi connectivity index (χ2n) is 13.6. The standard InChI is InChI=1S/C30H47N3Si.CH3.2ClH.Ti/c1-10-21-16-27-25(22-14-23(29(2,3)4)17-24(15-22)30(5,6)7)12-11-13-26(27)28(21)34(8,9)33-19-31-18-32-20-33;;;;/h11-15,17,21,26-28H,10,16,18-20H2,1-9H3;1H3;2*1H;/q-2;-1;;;+6/p-2. The predicted molar refractivity (Wildman–Crippen MR) is 169 cm³/mol. The van der Waals surface area contributed by atoms with Gasteiger partial charge in [0, 0.05) is 0 Å². The fraction of sp³-hybridized carbons (Fsp3) is 0.645. The van der Waals surface area contributed by atoms with E-state index in [-0.39, 0.29) is 18.3 Å². The maximum absolute atomic E-state index is 4.89. The molecule has 3 aliphatic rings. The fourth-order valence-corrected chi connectivity index (χ4v) is 10.8. The van der Waals surface area contributed by atoms with E-state index in [1.165, 1.54) is 29.5 Å². The molecule has 1 aromatic rings. The first-order chi connectivity index (χ1) is 17.2. The Morgan fingerprint density at radius 2 is 1.50 bits per heavy atom. The molecule has 0 N–H and O–H groups in total. The molecule has 1 aliphatic heterocycles. The molecule has 210 valence electrons. The van der Waals surface area contributed by atoms with Gasteiger partial charge in [0.2, 0.25) is 0 Å². The number of nitrogens with zero attached hydrogens (tertiary/aromatic N) is 3. The number of hydrogen-bond acceptors (Lipinski definition) is 1. The third kappa shape index (κ3) is 7.68. The number of benzene rings is 1. The summed E-state index contributed by atoms with van der Waals surface area (Å²) in [6.07, 6.45) is 9.94. The van der Waals surface area contributed by atoms with Crippen molar-refractivity contribution in [3.8, 4) is 0 Å². The van der Waals surface area contributed by atoms with Crippen molar-refractivity contribution < 1.29 is 17.0 Å². The van der Waals surface area contributed by atoms with Crippen molar-refractivity contribution in [2.24, 2.45) is 17.8 Å². The minimum absolute atomic E-state index is 0. The molecule has 2 aliphatic carbocycles. The molecule has 2 fully saturated rings.